The molecule has 1 aromatic carbocycles. The molecule has 0 amide bonds. The van der Waals surface area contributed by atoms with Gasteiger partial charge in [-0.15, -0.1) is 0 Å². The van der Waals surface area contributed by atoms with Gasteiger partial charge >= 0.3 is 5.97 Å². The molecule has 2 aromatic rings. The lowest BCUT2D eigenvalue weighted by Gasteiger charge is -2.01. The van der Waals surface area contributed by atoms with E-state index in [1.165, 1.54) is 19.4 Å². The number of halogens is 1. The number of hydrogen-bond acceptors (Lipinski definition) is 4. The molecular formula is C11H10ClNO4S. The predicted molar refractivity (Wildman–Crippen MR) is 67.3 cm³/mol. The van der Waals surface area contributed by atoms with Crippen molar-refractivity contribution in [2.45, 2.75) is 4.90 Å². The van der Waals surface area contributed by atoms with Crippen molar-refractivity contribution in [1.82, 2.24) is 4.57 Å². The number of aromatic nitrogens is 1. The Kier molecular flexibility index (Phi) is 3.08. The quantitative estimate of drug-likeness (QED) is 0.625. The molecule has 0 saturated carbocycles. The third-order valence-electron chi connectivity index (χ3n) is 2.64. The van der Waals surface area contributed by atoms with E-state index in [9.17, 15) is 13.2 Å². The molecule has 0 N–H and O–H groups in total. The molecule has 2 rings (SSSR count). The minimum Gasteiger partial charge on any atom is -0.465 e. The Morgan fingerprint density at radius 2 is 2.06 bits per heavy atom. The van der Waals surface area contributed by atoms with Crippen LogP contribution < -0.4 is 0 Å². The summed E-state index contributed by atoms with van der Waals surface area (Å²) in [6.07, 6.45) is 1.41. The van der Waals surface area contributed by atoms with Crippen LogP contribution >= 0.6 is 10.7 Å². The first-order valence-corrected chi connectivity index (χ1v) is 7.27. The molecule has 0 unspecified atom stereocenters. The first kappa shape index (κ1) is 12.9. The van der Waals surface area contributed by atoms with Crippen molar-refractivity contribution in [3.05, 3.63) is 30.0 Å². The molecule has 0 fully saturated rings. The largest absolute Gasteiger partial charge is 0.465 e. The fraction of sp³-hybridized carbons (Fsp3) is 0.182. The number of benzene rings is 1. The van der Waals surface area contributed by atoms with Crippen LogP contribution in [0.4, 0.5) is 0 Å². The van der Waals surface area contributed by atoms with E-state index >= 15 is 0 Å². The van der Waals surface area contributed by atoms with Crippen molar-refractivity contribution < 1.29 is 17.9 Å². The molecular weight excluding hydrogens is 278 g/mol. The summed E-state index contributed by atoms with van der Waals surface area (Å²) in [7, 11) is 4.46. The highest BCUT2D eigenvalue weighted by atomic mass is 35.7. The standard InChI is InChI=1S/C11H10ClNO4S/c1-13-6-10(18(12,15)16)8-5-7(11(14)17-2)3-4-9(8)13/h3-6H,1-2H3. The zero-order valence-corrected chi connectivity index (χ0v) is 11.2. The number of hydrogen-bond donors (Lipinski definition) is 0. The summed E-state index contributed by atoms with van der Waals surface area (Å²) in [6.45, 7) is 0. The van der Waals surface area contributed by atoms with Gasteiger partial charge in [-0.2, -0.15) is 0 Å². The lowest BCUT2D eigenvalue weighted by molar-refractivity contribution is 0.0601. The van der Waals surface area contributed by atoms with E-state index in [4.69, 9.17) is 10.7 Å². The Morgan fingerprint density at radius 3 is 2.61 bits per heavy atom. The van der Waals surface area contributed by atoms with Gasteiger partial charge in [0, 0.05) is 34.8 Å². The Bertz CT molecular complexity index is 733. The second-order valence-electron chi connectivity index (χ2n) is 3.77. The van der Waals surface area contributed by atoms with Gasteiger partial charge in [0.2, 0.25) is 0 Å². The number of ether oxygens (including phenoxy) is 1. The van der Waals surface area contributed by atoms with Crippen molar-refractivity contribution in [3.8, 4) is 0 Å². The topological polar surface area (TPSA) is 65.4 Å². The number of nitrogens with zero attached hydrogens (tertiary/aromatic N) is 1. The van der Waals surface area contributed by atoms with Crippen LogP contribution in [0.15, 0.2) is 29.3 Å². The third kappa shape index (κ3) is 2.09. The second-order valence-corrected chi connectivity index (χ2v) is 6.30. The summed E-state index contributed by atoms with van der Waals surface area (Å²) in [5.74, 6) is -0.529. The molecule has 0 radical (unpaired) electrons. The highest BCUT2D eigenvalue weighted by molar-refractivity contribution is 8.14. The number of rotatable bonds is 2. The van der Waals surface area contributed by atoms with Gasteiger partial charge in [0.05, 0.1) is 12.7 Å². The molecule has 0 atom stereocenters. The van der Waals surface area contributed by atoms with Crippen molar-refractivity contribution >= 4 is 36.6 Å². The Hall–Kier alpha value is -1.53. The molecule has 0 aliphatic rings. The first-order chi connectivity index (χ1) is 8.34. The number of carbonyl (C=O) groups is 1. The van der Waals surface area contributed by atoms with Gasteiger partial charge in [-0.1, -0.05) is 0 Å². The van der Waals surface area contributed by atoms with E-state index in [0.717, 1.165) is 0 Å². The van der Waals surface area contributed by atoms with E-state index in [-0.39, 0.29) is 10.5 Å². The van der Waals surface area contributed by atoms with Crippen LogP contribution in [-0.4, -0.2) is 26.1 Å². The maximum atomic E-state index is 11.4. The van der Waals surface area contributed by atoms with Crippen molar-refractivity contribution in [2.24, 2.45) is 7.05 Å². The third-order valence-corrected chi connectivity index (χ3v) is 3.99. The van der Waals surface area contributed by atoms with Crippen LogP contribution in [0.1, 0.15) is 10.4 Å². The first-order valence-electron chi connectivity index (χ1n) is 4.96. The predicted octanol–water partition coefficient (Wildman–Crippen LogP) is 1.89. The van der Waals surface area contributed by atoms with Gasteiger partial charge in [0.15, 0.2) is 0 Å². The number of carbonyl (C=O) groups excluding carboxylic acids is 1. The molecule has 7 heteroatoms. The van der Waals surface area contributed by atoms with E-state index in [1.54, 1.807) is 23.7 Å². The second kappa shape index (κ2) is 4.29. The van der Waals surface area contributed by atoms with Gasteiger partial charge in [-0.25, -0.2) is 13.2 Å². The van der Waals surface area contributed by atoms with Crippen LogP contribution in [0.3, 0.4) is 0 Å². The maximum Gasteiger partial charge on any atom is 0.337 e. The molecule has 0 spiro atoms. The monoisotopic (exact) mass is 287 g/mol. The van der Waals surface area contributed by atoms with Crippen molar-refractivity contribution in [1.29, 1.82) is 0 Å². The van der Waals surface area contributed by atoms with E-state index in [0.29, 0.717) is 10.9 Å². The molecule has 18 heavy (non-hydrogen) atoms. The number of aryl methyl sites for hydroxylation is 1. The molecule has 0 aliphatic heterocycles. The number of methoxy groups -OCH3 is 1. The van der Waals surface area contributed by atoms with Gasteiger partial charge in [0.1, 0.15) is 4.90 Å². The smallest absolute Gasteiger partial charge is 0.337 e. The fourth-order valence-corrected chi connectivity index (χ4v) is 2.87. The van der Waals surface area contributed by atoms with Crippen LogP contribution in [0.5, 0.6) is 0 Å². The van der Waals surface area contributed by atoms with E-state index in [1.807, 2.05) is 0 Å². The highest BCUT2D eigenvalue weighted by Crippen LogP contribution is 2.28. The maximum absolute atomic E-state index is 11.4. The lowest BCUT2D eigenvalue weighted by Crippen LogP contribution is -2.00. The van der Waals surface area contributed by atoms with E-state index in [2.05, 4.69) is 4.74 Å². The van der Waals surface area contributed by atoms with Gasteiger partial charge in [0.25, 0.3) is 9.05 Å². The number of esters is 1. The fourth-order valence-electron chi connectivity index (χ4n) is 1.80. The van der Waals surface area contributed by atoms with Crippen molar-refractivity contribution in [3.63, 3.8) is 0 Å². The Balaban J connectivity index is 2.79. The van der Waals surface area contributed by atoms with Gasteiger partial charge in [-0.3, -0.25) is 0 Å². The SMILES string of the molecule is COC(=O)c1ccc2c(c1)c(S(=O)(=O)Cl)cn2C. The molecule has 1 aromatic heterocycles. The minimum atomic E-state index is -3.86. The summed E-state index contributed by atoms with van der Waals surface area (Å²) in [5.41, 5.74) is 0.944. The summed E-state index contributed by atoms with van der Waals surface area (Å²) in [6, 6.07) is 4.67. The Labute approximate surface area is 108 Å². The van der Waals surface area contributed by atoms with Crippen LogP contribution in [-0.2, 0) is 20.8 Å². The zero-order chi connectivity index (χ0) is 13.5. The summed E-state index contributed by atoms with van der Waals surface area (Å²) < 4.78 is 29.1. The molecule has 96 valence electrons. The summed E-state index contributed by atoms with van der Waals surface area (Å²) >= 11 is 0. The zero-order valence-electron chi connectivity index (χ0n) is 9.68. The highest BCUT2D eigenvalue weighted by Gasteiger charge is 2.19. The average molecular weight is 288 g/mol. The summed E-state index contributed by atoms with van der Waals surface area (Å²) in [5, 5.41) is 0.399. The van der Waals surface area contributed by atoms with Gasteiger partial charge in [-0.05, 0) is 18.2 Å². The average Bonchev–Trinajstić information content (AvgIpc) is 2.65. The minimum absolute atomic E-state index is 0.0209. The van der Waals surface area contributed by atoms with E-state index < -0.39 is 15.0 Å². The Morgan fingerprint density at radius 1 is 1.39 bits per heavy atom. The van der Waals surface area contributed by atoms with Crippen LogP contribution in [0.2, 0.25) is 0 Å². The number of fused-ring (bicyclic) bond motifs is 1. The molecule has 5 nitrogen and oxygen atoms in total. The molecule has 0 bridgehead atoms. The molecule has 0 saturated heterocycles. The van der Waals surface area contributed by atoms with Crippen LogP contribution in [0, 0.1) is 0 Å². The molecule has 1 heterocycles. The molecule has 0 aliphatic carbocycles. The normalized spacial score (nSPS) is 11.7. The van der Waals surface area contributed by atoms with Gasteiger partial charge < -0.3 is 9.30 Å². The summed E-state index contributed by atoms with van der Waals surface area (Å²) in [4.78, 5) is 11.4. The van der Waals surface area contributed by atoms with Crippen LogP contribution in [0.25, 0.3) is 10.9 Å². The van der Waals surface area contributed by atoms with Crippen molar-refractivity contribution in [2.75, 3.05) is 7.11 Å². The lowest BCUT2D eigenvalue weighted by atomic mass is 10.1.